The Balaban J connectivity index is 1.90. The van der Waals surface area contributed by atoms with Crippen LogP contribution < -0.4 is 4.90 Å². The molecule has 2 aromatic rings. The van der Waals surface area contributed by atoms with Gasteiger partial charge in [-0.15, -0.1) is 0 Å². The largest absolute Gasteiger partial charge is 0.381 e. The highest BCUT2D eigenvalue weighted by atomic mass is 16.5. The van der Waals surface area contributed by atoms with Crippen LogP contribution in [0.1, 0.15) is 36.2 Å². The standard InChI is InChI=1S/C20H27N3O2/c1-14(19-15(2)21-22(4)16(19)3)20(24)23(12-17-10-11-25-13-17)18-8-6-5-7-9-18/h5-9,14,17H,10-13H2,1-4H3/t14-,17-/m1/s1. The summed E-state index contributed by atoms with van der Waals surface area (Å²) in [4.78, 5) is 15.3. The van der Waals surface area contributed by atoms with Crippen LogP contribution in [0.5, 0.6) is 0 Å². The number of carbonyl (C=O) groups excluding carboxylic acids is 1. The monoisotopic (exact) mass is 341 g/mol. The molecule has 0 spiro atoms. The van der Waals surface area contributed by atoms with Crippen molar-refractivity contribution in [2.75, 3.05) is 24.7 Å². The Kier molecular flexibility index (Phi) is 5.23. The van der Waals surface area contributed by atoms with Crippen LogP contribution in [0, 0.1) is 19.8 Å². The molecule has 1 aromatic carbocycles. The second-order valence-electron chi connectivity index (χ2n) is 6.94. The number of carbonyl (C=O) groups is 1. The summed E-state index contributed by atoms with van der Waals surface area (Å²) < 4.78 is 7.36. The number of amides is 1. The Morgan fingerprint density at radius 1 is 1.36 bits per heavy atom. The zero-order chi connectivity index (χ0) is 18.0. The smallest absolute Gasteiger partial charge is 0.234 e. The number of hydrogen-bond donors (Lipinski definition) is 0. The van der Waals surface area contributed by atoms with Crippen LogP contribution in [0.25, 0.3) is 0 Å². The number of ether oxygens (including phenoxy) is 1. The van der Waals surface area contributed by atoms with E-state index in [2.05, 4.69) is 5.10 Å². The summed E-state index contributed by atoms with van der Waals surface area (Å²) in [5.74, 6) is 0.293. The van der Waals surface area contributed by atoms with Crippen molar-refractivity contribution in [1.29, 1.82) is 0 Å². The molecule has 1 aromatic heterocycles. The molecule has 1 saturated heterocycles. The fraction of sp³-hybridized carbons (Fsp3) is 0.500. The molecule has 134 valence electrons. The predicted molar refractivity (Wildman–Crippen MR) is 98.8 cm³/mol. The first-order chi connectivity index (χ1) is 12.0. The van der Waals surface area contributed by atoms with E-state index in [9.17, 15) is 4.79 Å². The minimum Gasteiger partial charge on any atom is -0.381 e. The summed E-state index contributed by atoms with van der Waals surface area (Å²) in [5.41, 5.74) is 3.97. The van der Waals surface area contributed by atoms with Crippen molar-refractivity contribution in [1.82, 2.24) is 9.78 Å². The molecule has 0 N–H and O–H groups in total. The first-order valence-corrected chi connectivity index (χ1v) is 8.93. The summed E-state index contributed by atoms with van der Waals surface area (Å²) in [6.07, 6.45) is 1.01. The predicted octanol–water partition coefficient (Wildman–Crippen LogP) is 3.21. The maximum atomic E-state index is 13.4. The van der Waals surface area contributed by atoms with Gasteiger partial charge in [-0.3, -0.25) is 9.48 Å². The lowest BCUT2D eigenvalue weighted by Crippen LogP contribution is -2.38. The molecule has 5 heteroatoms. The quantitative estimate of drug-likeness (QED) is 0.839. The summed E-state index contributed by atoms with van der Waals surface area (Å²) in [6, 6.07) is 9.94. The highest BCUT2D eigenvalue weighted by Gasteiger charge is 2.30. The van der Waals surface area contributed by atoms with E-state index in [0.29, 0.717) is 12.5 Å². The summed E-state index contributed by atoms with van der Waals surface area (Å²) >= 11 is 0. The number of nitrogens with zero attached hydrogens (tertiary/aromatic N) is 3. The van der Waals surface area contributed by atoms with Crippen molar-refractivity contribution in [3.8, 4) is 0 Å². The zero-order valence-corrected chi connectivity index (χ0v) is 15.5. The van der Waals surface area contributed by atoms with Gasteiger partial charge < -0.3 is 9.64 Å². The molecule has 0 unspecified atom stereocenters. The first-order valence-electron chi connectivity index (χ1n) is 8.93. The van der Waals surface area contributed by atoms with Crippen LogP contribution >= 0.6 is 0 Å². The lowest BCUT2D eigenvalue weighted by Gasteiger charge is -2.28. The van der Waals surface area contributed by atoms with E-state index in [1.54, 1.807) is 0 Å². The van der Waals surface area contributed by atoms with E-state index >= 15 is 0 Å². The molecule has 2 heterocycles. The topological polar surface area (TPSA) is 47.4 Å². The molecule has 2 atom stereocenters. The average Bonchev–Trinajstić information content (AvgIpc) is 3.21. The second kappa shape index (κ2) is 7.40. The average molecular weight is 341 g/mol. The fourth-order valence-corrected chi connectivity index (χ4v) is 3.69. The number of anilines is 1. The second-order valence-corrected chi connectivity index (χ2v) is 6.94. The van der Waals surface area contributed by atoms with Crippen molar-refractivity contribution in [2.45, 2.75) is 33.1 Å². The van der Waals surface area contributed by atoms with E-state index in [1.807, 2.05) is 67.7 Å². The lowest BCUT2D eigenvalue weighted by molar-refractivity contribution is -0.119. The molecule has 5 nitrogen and oxygen atoms in total. The molecule has 1 aliphatic rings. The maximum Gasteiger partial charge on any atom is 0.234 e. The van der Waals surface area contributed by atoms with Gasteiger partial charge in [0, 0.05) is 43.1 Å². The van der Waals surface area contributed by atoms with E-state index in [4.69, 9.17) is 4.74 Å². The molecule has 1 fully saturated rings. The molecule has 1 aliphatic heterocycles. The molecule has 0 radical (unpaired) electrons. The van der Waals surface area contributed by atoms with E-state index in [1.165, 1.54) is 0 Å². The van der Waals surface area contributed by atoms with Crippen LogP contribution in [-0.2, 0) is 16.6 Å². The van der Waals surface area contributed by atoms with Crippen LogP contribution in [0.4, 0.5) is 5.69 Å². The van der Waals surface area contributed by atoms with Gasteiger partial charge in [0.2, 0.25) is 5.91 Å². The van der Waals surface area contributed by atoms with Gasteiger partial charge in [0.1, 0.15) is 0 Å². The third-order valence-corrected chi connectivity index (χ3v) is 5.17. The van der Waals surface area contributed by atoms with Crippen LogP contribution in [-0.4, -0.2) is 35.4 Å². The van der Waals surface area contributed by atoms with Crippen molar-refractivity contribution in [3.05, 3.63) is 47.3 Å². The Morgan fingerprint density at radius 3 is 2.64 bits per heavy atom. The zero-order valence-electron chi connectivity index (χ0n) is 15.5. The molecule has 0 aliphatic carbocycles. The van der Waals surface area contributed by atoms with Gasteiger partial charge >= 0.3 is 0 Å². The van der Waals surface area contributed by atoms with Gasteiger partial charge in [-0.2, -0.15) is 5.10 Å². The van der Waals surface area contributed by atoms with Gasteiger partial charge in [-0.05, 0) is 39.3 Å². The Hall–Kier alpha value is -2.14. The number of hydrogen-bond acceptors (Lipinski definition) is 3. The van der Waals surface area contributed by atoms with Gasteiger partial charge in [0.15, 0.2) is 0 Å². The van der Waals surface area contributed by atoms with Gasteiger partial charge in [-0.25, -0.2) is 0 Å². The number of aromatic nitrogens is 2. The van der Waals surface area contributed by atoms with E-state index < -0.39 is 0 Å². The fourth-order valence-electron chi connectivity index (χ4n) is 3.69. The molecule has 0 bridgehead atoms. The van der Waals surface area contributed by atoms with Crippen molar-refractivity contribution < 1.29 is 9.53 Å². The third kappa shape index (κ3) is 3.61. The number of benzene rings is 1. The van der Waals surface area contributed by atoms with Gasteiger partial charge in [0.05, 0.1) is 18.2 Å². The molecule has 25 heavy (non-hydrogen) atoms. The van der Waals surface area contributed by atoms with Crippen LogP contribution in [0.15, 0.2) is 30.3 Å². The number of para-hydroxylation sites is 1. The molecule has 3 rings (SSSR count). The molecule has 0 saturated carbocycles. The number of rotatable bonds is 5. The van der Waals surface area contributed by atoms with Gasteiger partial charge in [0.25, 0.3) is 0 Å². The summed E-state index contributed by atoms with van der Waals surface area (Å²) in [7, 11) is 1.92. The summed E-state index contributed by atoms with van der Waals surface area (Å²) in [6.45, 7) is 8.21. The van der Waals surface area contributed by atoms with Crippen molar-refractivity contribution in [2.24, 2.45) is 13.0 Å². The molecular formula is C20H27N3O2. The molecular weight excluding hydrogens is 314 g/mol. The Bertz CT molecular complexity index is 733. The highest BCUT2D eigenvalue weighted by molar-refractivity contribution is 5.98. The lowest BCUT2D eigenvalue weighted by atomic mass is 9.96. The van der Waals surface area contributed by atoms with Crippen LogP contribution in [0.2, 0.25) is 0 Å². The Morgan fingerprint density at radius 2 is 2.08 bits per heavy atom. The highest BCUT2D eigenvalue weighted by Crippen LogP contribution is 2.28. The van der Waals surface area contributed by atoms with Gasteiger partial charge in [-0.1, -0.05) is 18.2 Å². The maximum absolute atomic E-state index is 13.4. The van der Waals surface area contributed by atoms with Crippen molar-refractivity contribution >= 4 is 11.6 Å². The first kappa shape index (κ1) is 17.7. The van der Waals surface area contributed by atoms with E-state index in [-0.39, 0.29) is 11.8 Å². The normalized spacial score (nSPS) is 18.3. The minimum absolute atomic E-state index is 0.123. The van der Waals surface area contributed by atoms with E-state index in [0.717, 1.165) is 42.3 Å². The SMILES string of the molecule is Cc1nn(C)c(C)c1[C@@H](C)C(=O)N(C[C@H]1CCOC1)c1ccccc1. The third-order valence-electron chi connectivity index (χ3n) is 5.17. The van der Waals surface area contributed by atoms with Crippen LogP contribution in [0.3, 0.4) is 0 Å². The summed E-state index contributed by atoms with van der Waals surface area (Å²) in [5, 5.41) is 4.48. The molecule has 1 amide bonds. The Labute approximate surface area is 149 Å². The minimum atomic E-state index is -0.226. The van der Waals surface area contributed by atoms with Crippen molar-refractivity contribution in [3.63, 3.8) is 0 Å². The number of aryl methyl sites for hydroxylation is 2.